The molecule has 0 radical (unpaired) electrons. The second-order valence-corrected chi connectivity index (χ2v) is 5.89. The van der Waals surface area contributed by atoms with Crippen molar-refractivity contribution in [2.45, 2.75) is 70.4 Å². The molecule has 1 rings (SSSR count). The largest absolute Gasteiger partial charge is 0.379 e. The van der Waals surface area contributed by atoms with Crippen LogP contribution in [0.5, 0.6) is 0 Å². The molecule has 2 nitrogen and oxygen atoms in total. The minimum Gasteiger partial charge on any atom is -0.379 e. The van der Waals surface area contributed by atoms with Gasteiger partial charge in [0.05, 0.1) is 5.60 Å². The fraction of sp³-hybridized carbons (Fsp3) is 1.00. The van der Waals surface area contributed by atoms with Crippen molar-refractivity contribution in [3.05, 3.63) is 0 Å². The molecule has 1 aliphatic carbocycles. The van der Waals surface area contributed by atoms with Gasteiger partial charge in [-0.15, -0.1) is 0 Å². The first-order valence-corrected chi connectivity index (χ1v) is 6.80. The molecular weight excluding hydrogens is 198 g/mol. The third-order valence-electron chi connectivity index (χ3n) is 4.04. The molecule has 1 unspecified atom stereocenters. The van der Waals surface area contributed by atoms with Crippen molar-refractivity contribution in [2.75, 3.05) is 14.2 Å². The lowest BCUT2D eigenvalue weighted by atomic mass is 9.82. The summed E-state index contributed by atoms with van der Waals surface area (Å²) in [4.78, 5) is 0. The SMILES string of the molecule is CNC(CC1CCCCC1)CC(C)(C)OC. The molecule has 96 valence electrons. The highest BCUT2D eigenvalue weighted by Gasteiger charge is 2.24. The predicted molar refractivity (Wildman–Crippen MR) is 69.7 cm³/mol. The Balaban J connectivity index is 2.35. The van der Waals surface area contributed by atoms with Crippen molar-refractivity contribution in [3.63, 3.8) is 0 Å². The summed E-state index contributed by atoms with van der Waals surface area (Å²) in [7, 11) is 3.90. The average Bonchev–Trinajstić information content (AvgIpc) is 2.29. The van der Waals surface area contributed by atoms with Gasteiger partial charge in [-0.3, -0.25) is 0 Å². The zero-order valence-corrected chi connectivity index (χ0v) is 11.5. The van der Waals surface area contributed by atoms with Gasteiger partial charge < -0.3 is 10.1 Å². The maximum absolute atomic E-state index is 5.52. The lowest BCUT2D eigenvalue weighted by molar-refractivity contribution is 0.00519. The summed E-state index contributed by atoms with van der Waals surface area (Å²) >= 11 is 0. The first-order chi connectivity index (χ1) is 7.57. The van der Waals surface area contributed by atoms with E-state index in [1.54, 1.807) is 0 Å². The van der Waals surface area contributed by atoms with Crippen molar-refractivity contribution in [1.82, 2.24) is 5.32 Å². The van der Waals surface area contributed by atoms with Gasteiger partial charge in [0.2, 0.25) is 0 Å². The van der Waals surface area contributed by atoms with Crippen molar-refractivity contribution in [2.24, 2.45) is 5.92 Å². The molecule has 0 heterocycles. The topological polar surface area (TPSA) is 21.3 Å². The molecule has 0 aromatic heterocycles. The molecule has 1 fully saturated rings. The van der Waals surface area contributed by atoms with Gasteiger partial charge in [0.1, 0.15) is 0 Å². The molecule has 2 heteroatoms. The van der Waals surface area contributed by atoms with Crippen LogP contribution < -0.4 is 5.32 Å². The van der Waals surface area contributed by atoms with Crippen molar-refractivity contribution >= 4 is 0 Å². The standard InChI is InChI=1S/C14H29NO/c1-14(2,16-4)11-13(15-3)10-12-8-6-5-7-9-12/h12-13,15H,5-11H2,1-4H3. The average molecular weight is 227 g/mol. The summed E-state index contributed by atoms with van der Waals surface area (Å²) < 4.78 is 5.52. The number of ether oxygens (including phenoxy) is 1. The summed E-state index contributed by atoms with van der Waals surface area (Å²) in [6.45, 7) is 4.36. The number of nitrogens with one attached hydrogen (secondary N) is 1. The lowest BCUT2D eigenvalue weighted by Gasteiger charge is -2.31. The molecule has 0 amide bonds. The Hall–Kier alpha value is -0.0800. The van der Waals surface area contributed by atoms with E-state index in [4.69, 9.17) is 4.74 Å². The number of hydrogen-bond acceptors (Lipinski definition) is 2. The Morgan fingerprint density at radius 1 is 1.25 bits per heavy atom. The first-order valence-electron chi connectivity index (χ1n) is 6.80. The van der Waals surface area contributed by atoms with Gasteiger partial charge >= 0.3 is 0 Å². The normalized spacial score (nSPS) is 21.0. The predicted octanol–water partition coefficient (Wildman–Crippen LogP) is 3.36. The van der Waals surface area contributed by atoms with Crippen LogP contribution in [0.25, 0.3) is 0 Å². The molecule has 1 N–H and O–H groups in total. The van der Waals surface area contributed by atoms with Crippen molar-refractivity contribution in [3.8, 4) is 0 Å². The van der Waals surface area contributed by atoms with Crippen LogP contribution >= 0.6 is 0 Å². The molecule has 0 aromatic rings. The highest BCUT2D eigenvalue weighted by Crippen LogP contribution is 2.29. The van der Waals surface area contributed by atoms with Crippen LogP contribution in [-0.4, -0.2) is 25.8 Å². The highest BCUT2D eigenvalue weighted by molar-refractivity contribution is 4.80. The van der Waals surface area contributed by atoms with Crippen LogP contribution in [-0.2, 0) is 4.74 Å². The third kappa shape index (κ3) is 4.84. The van der Waals surface area contributed by atoms with Gasteiger partial charge in [-0.2, -0.15) is 0 Å². The van der Waals surface area contributed by atoms with Crippen molar-refractivity contribution in [1.29, 1.82) is 0 Å². The quantitative estimate of drug-likeness (QED) is 0.751. The molecule has 1 saturated carbocycles. The molecule has 0 saturated heterocycles. The van der Waals surface area contributed by atoms with Crippen LogP contribution in [0.1, 0.15) is 58.8 Å². The second-order valence-electron chi connectivity index (χ2n) is 5.89. The van der Waals surface area contributed by atoms with Gasteiger partial charge in [-0.25, -0.2) is 0 Å². The van der Waals surface area contributed by atoms with E-state index < -0.39 is 0 Å². The number of methoxy groups -OCH3 is 1. The van der Waals surface area contributed by atoms with E-state index in [2.05, 4.69) is 26.2 Å². The lowest BCUT2D eigenvalue weighted by Crippen LogP contribution is -2.37. The molecule has 1 aliphatic rings. The molecule has 1 atom stereocenters. The van der Waals surface area contributed by atoms with E-state index in [9.17, 15) is 0 Å². The van der Waals surface area contributed by atoms with E-state index in [-0.39, 0.29) is 5.60 Å². The van der Waals surface area contributed by atoms with Gasteiger partial charge in [-0.05, 0) is 39.7 Å². The summed E-state index contributed by atoms with van der Waals surface area (Å²) in [5.41, 5.74) is 0.00232. The molecule has 0 spiro atoms. The minimum atomic E-state index is 0.00232. The van der Waals surface area contributed by atoms with E-state index >= 15 is 0 Å². The summed E-state index contributed by atoms with van der Waals surface area (Å²) in [5.74, 6) is 0.943. The van der Waals surface area contributed by atoms with E-state index in [1.807, 2.05) is 7.11 Å². The fourth-order valence-corrected chi connectivity index (χ4v) is 2.81. The van der Waals surface area contributed by atoms with Crippen LogP contribution in [0.2, 0.25) is 0 Å². The van der Waals surface area contributed by atoms with E-state index in [1.165, 1.54) is 38.5 Å². The maximum atomic E-state index is 5.52. The zero-order chi connectivity index (χ0) is 12.0. The Morgan fingerprint density at radius 3 is 2.38 bits per heavy atom. The second kappa shape index (κ2) is 6.61. The zero-order valence-electron chi connectivity index (χ0n) is 11.5. The number of rotatable bonds is 6. The summed E-state index contributed by atoms with van der Waals surface area (Å²) in [6.07, 6.45) is 9.63. The molecule has 0 bridgehead atoms. The van der Waals surface area contributed by atoms with Gasteiger partial charge in [-0.1, -0.05) is 32.1 Å². The maximum Gasteiger partial charge on any atom is 0.0637 e. The Bertz CT molecular complexity index is 185. The summed E-state index contributed by atoms with van der Waals surface area (Å²) in [5, 5.41) is 3.46. The molecule has 0 aromatic carbocycles. The van der Waals surface area contributed by atoms with Gasteiger partial charge in [0, 0.05) is 13.2 Å². The highest BCUT2D eigenvalue weighted by atomic mass is 16.5. The van der Waals surface area contributed by atoms with Crippen LogP contribution in [0, 0.1) is 5.92 Å². The third-order valence-corrected chi connectivity index (χ3v) is 4.04. The Kier molecular flexibility index (Phi) is 5.77. The van der Waals surface area contributed by atoms with Gasteiger partial charge in [0.25, 0.3) is 0 Å². The van der Waals surface area contributed by atoms with Crippen LogP contribution in [0.15, 0.2) is 0 Å². The van der Waals surface area contributed by atoms with Crippen LogP contribution in [0.3, 0.4) is 0 Å². The number of hydrogen-bond donors (Lipinski definition) is 1. The van der Waals surface area contributed by atoms with Crippen molar-refractivity contribution < 1.29 is 4.74 Å². The summed E-state index contributed by atoms with van der Waals surface area (Å²) in [6, 6.07) is 0.609. The Labute approximate surface area is 101 Å². The minimum absolute atomic E-state index is 0.00232. The monoisotopic (exact) mass is 227 g/mol. The molecule has 16 heavy (non-hydrogen) atoms. The smallest absolute Gasteiger partial charge is 0.0637 e. The fourth-order valence-electron chi connectivity index (χ4n) is 2.81. The van der Waals surface area contributed by atoms with Gasteiger partial charge in [0.15, 0.2) is 0 Å². The Morgan fingerprint density at radius 2 is 1.88 bits per heavy atom. The van der Waals surface area contributed by atoms with E-state index in [0.29, 0.717) is 6.04 Å². The van der Waals surface area contributed by atoms with E-state index in [0.717, 1.165) is 12.3 Å². The van der Waals surface area contributed by atoms with Crippen LogP contribution in [0.4, 0.5) is 0 Å². The first kappa shape index (κ1) is 14.0. The molecular formula is C14H29NO. The molecule has 0 aliphatic heterocycles.